The number of esters is 1. The highest BCUT2D eigenvalue weighted by Gasteiger charge is 2.44. The van der Waals surface area contributed by atoms with Crippen LogP contribution in [0.3, 0.4) is 0 Å². The Labute approximate surface area is 102 Å². The van der Waals surface area contributed by atoms with E-state index in [1.165, 1.54) is 25.1 Å². The Morgan fingerprint density at radius 3 is 2.65 bits per heavy atom. The second-order valence-corrected chi connectivity index (χ2v) is 3.69. The van der Waals surface area contributed by atoms with Crippen LogP contribution in [0.4, 0.5) is 8.78 Å². The van der Waals surface area contributed by atoms with Crippen molar-refractivity contribution in [1.82, 2.24) is 0 Å². The number of hydrogen-bond acceptors (Lipinski definition) is 3. The lowest BCUT2D eigenvalue weighted by molar-refractivity contribution is -0.216. The Kier molecular flexibility index (Phi) is 4.28. The molecule has 17 heavy (non-hydrogen) atoms. The number of carbonyl (C=O) groups is 1. The van der Waals surface area contributed by atoms with E-state index in [0.29, 0.717) is 10.6 Å². The summed E-state index contributed by atoms with van der Waals surface area (Å²) < 4.78 is 35.0. The molecule has 0 saturated heterocycles. The Hall–Kier alpha value is -1.36. The van der Waals surface area contributed by atoms with Gasteiger partial charge in [0.05, 0.1) is 6.61 Å². The minimum atomic E-state index is -4.01. The van der Waals surface area contributed by atoms with Gasteiger partial charge in [0.25, 0.3) is 0 Å². The second-order valence-electron chi connectivity index (χ2n) is 3.25. The summed E-state index contributed by atoms with van der Waals surface area (Å²) in [5.74, 6) is -1.83. The van der Waals surface area contributed by atoms with E-state index < -0.39 is 12.1 Å². The van der Waals surface area contributed by atoms with Crippen molar-refractivity contribution in [2.75, 3.05) is 6.61 Å². The van der Waals surface area contributed by atoms with Gasteiger partial charge in [-0.3, -0.25) is 0 Å². The smallest absolute Gasteiger partial charge is 0.459 e. The fourth-order valence-corrected chi connectivity index (χ4v) is 1.35. The molecule has 0 fully saturated rings. The molecule has 0 saturated carbocycles. The monoisotopic (exact) mass is 264 g/mol. The van der Waals surface area contributed by atoms with Crippen LogP contribution in [0.2, 0.25) is 5.02 Å². The van der Waals surface area contributed by atoms with E-state index in [-0.39, 0.29) is 12.4 Å². The zero-order valence-electron chi connectivity index (χ0n) is 9.30. The maximum Gasteiger partial charge on any atom is 0.502 e. The average molecular weight is 265 g/mol. The van der Waals surface area contributed by atoms with Crippen LogP contribution in [0.1, 0.15) is 12.5 Å². The van der Waals surface area contributed by atoms with Gasteiger partial charge in [0.1, 0.15) is 5.75 Å². The van der Waals surface area contributed by atoms with E-state index in [1.54, 1.807) is 6.92 Å². The summed E-state index contributed by atoms with van der Waals surface area (Å²) in [6, 6.07) is 4.12. The molecule has 1 aromatic rings. The summed E-state index contributed by atoms with van der Waals surface area (Å²) in [6.45, 7) is 2.83. The summed E-state index contributed by atoms with van der Waals surface area (Å²) in [7, 11) is 0. The number of rotatable bonds is 4. The lowest BCUT2D eigenvalue weighted by atomic mass is 10.2. The molecule has 0 N–H and O–H groups in total. The summed E-state index contributed by atoms with van der Waals surface area (Å²) in [6.07, 6.45) is -4.01. The van der Waals surface area contributed by atoms with Crippen LogP contribution in [0.15, 0.2) is 18.2 Å². The molecule has 0 amide bonds. The molecular weight excluding hydrogens is 254 g/mol. The van der Waals surface area contributed by atoms with E-state index in [0.717, 1.165) is 0 Å². The number of ether oxygens (including phenoxy) is 2. The quantitative estimate of drug-likeness (QED) is 0.784. The number of benzene rings is 1. The summed E-state index contributed by atoms with van der Waals surface area (Å²) in [5, 5.41) is 0.398. The van der Waals surface area contributed by atoms with Gasteiger partial charge in [0.15, 0.2) is 0 Å². The van der Waals surface area contributed by atoms with Gasteiger partial charge in [-0.2, -0.15) is 8.78 Å². The minimum Gasteiger partial charge on any atom is -0.459 e. The molecular formula is C11H11ClF2O3. The van der Waals surface area contributed by atoms with Crippen molar-refractivity contribution in [2.45, 2.75) is 20.0 Å². The molecule has 0 radical (unpaired) electrons. The molecule has 0 spiro atoms. The van der Waals surface area contributed by atoms with Crippen LogP contribution in [0, 0.1) is 6.92 Å². The summed E-state index contributed by atoms with van der Waals surface area (Å²) >= 11 is 5.67. The van der Waals surface area contributed by atoms with Crippen molar-refractivity contribution in [1.29, 1.82) is 0 Å². The highest BCUT2D eigenvalue weighted by molar-refractivity contribution is 6.30. The van der Waals surface area contributed by atoms with Crippen molar-refractivity contribution < 1.29 is 23.0 Å². The van der Waals surface area contributed by atoms with E-state index >= 15 is 0 Å². The van der Waals surface area contributed by atoms with Gasteiger partial charge >= 0.3 is 12.1 Å². The van der Waals surface area contributed by atoms with Crippen molar-refractivity contribution in [3.05, 3.63) is 28.8 Å². The first-order valence-corrected chi connectivity index (χ1v) is 5.25. The Morgan fingerprint density at radius 2 is 2.12 bits per heavy atom. The lowest BCUT2D eigenvalue weighted by Crippen LogP contribution is -2.37. The molecule has 0 aliphatic heterocycles. The highest BCUT2D eigenvalue weighted by atomic mass is 35.5. The van der Waals surface area contributed by atoms with Gasteiger partial charge in [-0.1, -0.05) is 11.6 Å². The Bertz CT molecular complexity index is 421. The first kappa shape index (κ1) is 13.7. The molecule has 0 atom stereocenters. The van der Waals surface area contributed by atoms with Gasteiger partial charge in [-0.25, -0.2) is 4.79 Å². The third-order valence-corrected chi connectivity index (χ3v) is 2.12. The van der Waals surface area contributed by atoms with Crippen LogP contribution in [-0.2, 0) is 9.53 Å². The third kappa shape index (κ3) is 3.56. The molecule has 0 aliphatic carbocycles. The first-order chi connectivity index (χ1) is 7.86. The number of carbonyl (C=O) groups excluding carboxylic acids is 1. The number of alkyl halides is 2. The molecule has 3 nitrogen and oxygen atoms in total. The Morgan fingerprint density at radius 1 is 1.47 bits per heavy atom. The topological polar surface area (TPSA) is 35.5 Å². The predicted molar refractivity (Wildman–Crippen MR) is 58.4 cm³/mol. The molecule has 94 valence electrons. The van der Waals surface area contributed by atoms with Gasteiger partial charge in [0, 0.05) is 5.02 Å². The minimum absolute atomic E-state index is 0.118. The predicted octanol–water partition coefficient (Wildman–Crippen LogP) is 3.18. The zero-order chi connectivity index (χ0) is 13.1. The summed E-state index contributed by atoms with van der Waals surface area (Å²) in [5.41, 5.74) is 0.404. The largest absolute Gasteiger partial charge is 0.502 e. The second kappa shape index (κ2) is 5.31. The third-order valence-electron chi connectivity index (χ3n) is 1.89. The zero-order valence-corrected chi connectivity index (χ0v) is 10.1. The fraction of sp³-hybridized carbons (Fsp3) is 0.364. The van der Waals surface area contributed by atoms with E-state index in [9.17, 15) is 13.6 Å². The summed E-state index contributed by atoms with van der Waals surface area (Å²) in [4.78, 5) is 10.9. The van der Waals surface area contributed by atoms with E-state index in [1.807, 2.05) is 0 Å². The van der Waals surface area contributed by atoms with Crippen molar-refractivity contribution >= 4 is 17.6 Å². The van der Waals surface area contributed by atoms with Crippen LogP contribution in [0.25, 0.3) is 0 Å². The maximum absolute atomic E-state index is 13.2. The maximum atomic E-state index is 13.2. The molecule has 6 heteroatoms. The Balaban J connectivity index is 2.86. The van der Waals surface area contributed by atoms with Gasteiger partial charge < -0.3 is 9.47 Å². The van der Waals surface area contributed by atoms with Gasteiger partial charge in [-0.05, 0) is 37.6 Å². The molecule has 0 unspecified atom stereocenters. The molecule has 0 aliphatic rings. The average Bonchev–Trinajstić information content (AvgIpc) is 2.22. The molecule has 0 aromatic heterocycles. The van der Waals surface area contributed by atoms with Crippen LogP contribution in [0.5, 0.6) is 5.75 Å². The molecule has 0 bridgehead atoms. The number of hydrogen-bond donors (Lipinski definition) is 0. The van der Waals surface area contributed by atoms with E-state index in [2.05, 4.69) is 9.47 Å². The SMILES string of the molecule is CCOC(=O)C(F)(F)Oc1ccc(Cl)cc1C. The normalized spacial score (nSPS) is 11.1. The molecule has 1 aromatic carbocycles. The fourth-order valence-electron chi connectivity index (χ4n) is 1.12. The first-order valence-electron chi connectivity index (χ1n) is 4.87. The molecule has 0 heterocycles. The van der Waals surface area contributed by atoms with Crippen LogP contribution < -0.4 is 4.74 Å². The van der Waals surface area contributed by atoms with Crippen molar-refractivity contribution in [3.63, 3.8) is 0 Å². The molecule has 1 rings (SSSR count). The number of aryl methyl sites for hydroxylation is 1. The lowest BCUT2D eigenvalue weighted by Gasteiger charge is -2.17. The number of halogens is 3. The van der Waals surface area contributed by atoms with Crippen LogP contribution >= 0.6 is 11.6 Å². The van der Waals surface area contributed by atoms with Crippen molar-refractivity contribution in [3.8, 4) is 5.75 Å². The van der Waals surface area contributed by atoms with Gasteiger partial charge in [0.2, 0.25) is 0 Å². The highest BCUT2D eigenvalue weighted by Crippen LogP contribution is 2.28. The van der Waals surface area contributed by atoms with Crippen LogP contribution in [-0.4, -0.2) is 18.7 Å². The van der Waals surface area contributed by atoms with Crippen molar-refractivity contribution in [2.24, 2.45) is 0 Å². The standard InChI is InChI=1S/C11H11ClF2O3/c1-3-16-10(15)11(13,14)17-9-5-4-8(12)6-7(9)2/h4-6H,3H2,1-2H3. The van der Waals surface area contributed by atoms with Gasteiger partial charge in [-0.15, -0.1) is 0 Å². The van der Waals surface area contributed by atoms with E-state index in [4.69, 9.17) is 11.6 Å².